The van der Waals surface area contributed by atoms with Crippen molar-refractivity contribution in [1.82, 2.24) is 10.6 Å². The third-order valence-electron chi connectivity index (χ3n) is 4.09. The molecule has 27 heavy (non-hydrogen) atoms. The number of benzene rings is 2. The molecule has 2 aromatic rings. The summed E-state index contributed by atoms with van der Waals surface area (Å²) in [5.41, 5.74) is 1.53. The quantitative estimate of drug-likeness (QED) is 0.736. The first kappa shape index (κ1) is 20.2. The van der Waals surface area contributed by atoms with Gasteiger partial charge in [-0.2, -0.15) is 0 Å². The Bertz CT molecular complexity index is 723. The van der Waals surface area contributed by atoms with Crippen LogP contribution in [0.25, 0.3) is 0 Å². The molecule has 2 N–H and O–H groups in total. The Kier molecular flexibility index (Phi) is 7.55. The van der Waals surface area contributed by atoms with E-state index in [-0.39, 0.29) is 6.04 Å². The van der Waals surface area contributed by atoms with E-state index < -0.39 is 30.4 Å². The smallest absolute Gasteiger partial charge is 0.321 e. The molecule has 0 fully saturated rings. The zero-order valence-electron chi connectivity index (χ0n) is 15.5. The first-order chi connectivity index (χ1) is 13.0. The number of carbonyl (C=O) groups excluding carboxylic acids is 3. The van der Waals surface area contributed by atoms with Crippen molar-refractivity contribution in [2.75, 3.05) is 6.61 Å². The SMILES string of the molecule is CC[C@H](C)NC(=O)NC(=O)COC(=O)C(c1ccccc1)c1ccccc1. The Morgan fingerprint density at radius 1 is 0.926 bits per heavy atom. The van der Waals surface area contributed by atoms with Crippen LogP contribution in [0.4, 0.5) is 4.79 Å². The molecular formula is C21H24N2O4. The fourth-order valence-corrected chi connectivity index (χ4v) is 2.50. The van der Waals surface area contributed by atoms with E-state index in [1.165, 1.54) is 0 Å². The minimum Gasteiger partial charge on any atom is -0.455 e. The molecule has 2 rings (SSSR count). The standard InChI is InChI=1S/C21H24N2O4/c1-3-15(2)22-21(26)23-18(24)14-27-20(25)19(16-10-6-4-7-11-16)17-12-8-5-9-13-17/h4-13,15,19H,3,14H2,1-2H3,(H2,22,23,24,26)/t15-/m0/s1. The Hall–Kier alpha value is -3.15. The van der Waals surface area contributed by atoms with Crippen LogP contribution < -0.4 is 10.6 Å². The van der Waals surface area contributed by atoms with E-state index in [0.29, 0.717) is 0 Å². The first-order valence-electron chi connectivity index (χ1n) is 8.88. The second-order valence-electron chi connectivity index (χ2n) is 6.19. The molecule has 0 heterocycles. The van der Waals surface area contributed by atoms with Gasteiger partial charge in [0.1, 0.15) is 5.92 Å². The van der Waals surface area contributed by atoms with Gasteiger partial charge in [-0.15, -0.1) is 0 Å². The second-order valence-corrected chi connectivity index (χ2v) is 6.19. The van der Waals surface area contributed by atoms with Crippen molar-refractivity contribution in [3.63, 3.8) is 0 Å². The van der Waals surface area contributed by atoms with Gasteiger partial charge in [0.2, 0.25) is 0 Å². The van der Waals surface area contributed by atoms with Crippen molar-refractivity contribution in [2.24, 2.45) is 0 Å². The summed E-state index contributed by atoms with van der Waals surface area (Å²) in [5.74, 6) is -1.87. The topological polar surface area (TPSA) is 84.5 Å². The maximum absolute atomic E-state index is 12.7. The number of rotatable bonds is 7. The Balaban J connectivity index is 2.00. The third kappa shape index (κ3) is 6.26. The molecule has 0 aliphatic carbocycles. The predicted octanol–water partition coefficient (Wildman–Crippen LogP) is 2.99. The number of amides is 3. The molecule has 0 bridgehead atoms. The van der Waals surface area contributed by atoms with Gasteiger partial charge in [0, 0.05) is 6.04 Å². The molecule has 3 amide bonds. The van der Waals surface area contributed by atoms with Crippen molar-refractivity contribution < 1.29 is 19.1 Å². The normalized spacial score (nSPS) is 11.5. The third-order valence-corrected chi connectivity index (χ3v) is 4.09. The van der Waals surface area contributed by atoms with Gasteiger partial charge in [-0.1, -0.05) is 67.6 Å². The van der Waals surface area contributed by atoms with Crippen LogP contribution in [0.15, 0.2) is 60.7 Å². The van der Waals surface area contributed by atoms with Gasteiger partial charge in [0.05, 0.1) is 0 Å². The molecule has 2 aromatic carbocycles. The molecule has 0 aliphatic rings. The number of ether oxygens (including phenoxy) is 1. The van der Waals surface area contributed by atoms with E-state index in [1.54, 1.807) is 0 Å². The van der Waals surface area contributed by atoms with E-state index in [4.69, 9.17) is 4.74 Å². The summed E-state index contributed by atoms with van der Waals surface area (Å²) in [4.78, 5) is 36.2. The summed E-state index contributed by atoms with van der Waals surface area (Å²) < 4.78 is 5.18. The molecule has 142 valence electrons. The average Bonchev–Trinajstić information content (AvgIpc) is 2.68. The highest BCUT2D eigenvalue weighted by atomic mass is 16.5. The van der Waals surface area contributed by atoms with Crippen LogP contribution >= 0.6 is 0 Å². The van der Waals surface area contributed by atoms with Crippen LogP contribution in [0.2, 0.25) is 0 Å². The Labute approximate surface area is 158 Å². The molecule has 0 aromatic heterocycles. The Morgan fingerprint density at radius 3 is 1.93 bits per heavy atom. The highest BCUT2D eigenvalue weighted by Gasteiger charge is 2.25. The lowest BCUT2D eigenvalue weighted by atomic mass is 9.91. The van der Waals surface area contributed by atoms with Crippen LogP contribution in [-0.2, 0) is 14.3 Å². The lowest BCUT2D eigenvalue weighted by Crippen LogP contribution is -2.44. The summed E-state index contributed by atoms with van der Waals surface area (Å²) >= 11 is 0. The minimum atomic E-state index is -0.677. The zero-order valence-corrected chi connectivity index (χ0v) is 15.5. The summed E-state index contributed by atoms with van der Waals surface area (Å²) in [6, 6.07) is 17.7. The van der Waals surface area contributed by atoms with Crippen LogP contribution in [0.5, 0.6) is 0 Å². The van der Waals surface area contributed by atoms with Gasteiger partial charge >= 0.3 is 12.0 Å². The Morgan fingerprint density at radius 2 is 1.44 bits per heavy atom. The summed E-state index contributed by atoms with van der Waals surface area (Å²) in [6.07, 6.45) is 0.742. The number of urea groups is 1. The van der Waals surface area contributed by atoms with Crippen LogP contribution in [0.1, 0.15) is 37.3 Å². The van der Waals surface area contributed by atoms with Crippen LogP contribution in [0.3, 0.4) is 0 Å². The number of carbonyl (C=O) groups is 3. The van der Waals surface area contributed by atoms with E-state index >= 15 is 0 Å². The maximum Gasteiger partial charge on any atom is 0.321 e. The summed E-state index contributed by atoms with van der Waals surface area (Å²) in [7, 11) is 0. The summed E-state index contributed by atoms with van der Waals surface area (Å²) in [6.45, 7) is 3.22. The van der Waals surface area contributed by atoms with Crippen molar-refractivity contribution in [2.45, 2.75) is 32.2 Å². The van der Waals surface area contributed by atoms with Gasteiger partial charge in [-0.25, -0.2) is 4.79 Å². The minimum absolute atomic E-state index is 0.0547. The molecule has 6 nitrogen and oxygen atoms in total. The van der Waals surface area contributed by atoms with Gasteiger partial charge in [-0.05, 0) is 24.5 Å². The van der Waals surface area contributed by atoms with Crippen molar-refractivity contribution in [1.29, 1.82) is 0 Å². The number of imide groups is 1. The monoisotopic (exact) mass is 368 g/mol. The lowest BCUT2D eigenvalue weighted by Gasteiger charge is -2.17. The maximum atomic E-state index is 12.7. The first-order valence-corrected chi connectivity index (χ1v) is 8.88. The fourth-order valence-electron chi connectivity index (χ4n) is 2.50. The van der Waals surface area contributed by atoms with E-state index in [1.807, 2.05) is 74.5 Å². The average molecular weight is 368 g/mol. The van der Waals surface area contributed by atoms with Crippen molar-refractivity contribution >= 4 is 17.9 Å². The van der Waals surface area contributed by atoms with Crippen molar-refractivity contribution in [3.05, 3.63) is 71.8 Å². The van der Waals surface area contributed by atoms with Gasteiger partial charge in [0.25, 0.3) is 5.91 Å². The molecule has 0 radical (unpaired) electrons. The predicted molar refractivity (Wildman–Crippen MR) is 102 cm³/mol. The highest BCUT2D eigenvalue weighted by Crippen LogP contribution is 2.25. The molecule has 0 unspecified atom stereocenters. The highest BCUT2D eigenvalue weighted by molar-refractivity contribution is 5.96. The van der Waals surface area contributed by atoms with Gasteiger partial charge in [-0.3, -0.25) is 14.9 Å². The van der Waals surface area contributed by atoms with Gasteiger partial charge < -0.3 is 10.1 Å². The molecule has 0 saturated carbocycles. The zero-order chi connectivity index (χ0) is 19.6. The van der Waals surface area contributed by atoms with E-state index in [9.17, 15) is 14.4 Å². The van der Waals surface area contributed by atoms with Crippen molar-refractivity contribution in [3.8, 4) is 0 Å². The lowest BCUT2D eigenvalue weighted by molar-refractivity contribution is -0.148. The number of esters is 1. The molecule has 0 spiro atoms. The molecule has 6 heteroatoms. The number of hydrogen-bond donors (Lipinski definition) is 2. The van der Waals surface area contributed by atoms with E-state index in [2.05, 4.69) is 10.6 Å². The number of nitrogens with one attached hydrogen (secondary N) is 2. The van der Waals surface area contributed by atoms with E-state index in [0.717, 1.165) is 17.5 Å². The van der Waals surface area contributed by atoms with Crippen LogP contribution in [0, 0.1) is 0 Å². The molecule has 0 aliphatic heterocycles. The fraction of sp³-hybridized carbons (Fsp3) is 0.286. The summed E-state index contributed by atoms with van der Waals surface area (Å²) in [5, 5.41) is 4.76. The molecule has 1 atom stereocenters. The van der Waals surface area contributed by atoms with Gasteiger partial charge in [0.15, 0.2) is 6.61 Å². The number of hydrogen-bond acceptors (Lipinski definition) is 4. The van der Waals surface area contributed by atoms with Crippen LogP contribution in [-0.4, -0.2) is 30.6 Å². The molecular weight excluding hydrogens is 344 g/mol. The largest absolute Gasteiger partial charge is 0.455 e. The second kappa shape index (κ2) is 10.1. The molecule has 0 saturated heterocycles.